The molecule has 0 spiro atoms. The molecule has 100 valence electrons. The molecule has 1 unspecified atom stereocenters. The molecule has 0 aliphatic heterocycles. The van der Waals surface area contributed by atoms with Crippen molar-refractivity contribution in [3.05, 3.63) is 28.2 Å². The third kappa shape index (κ3) is 3.48. The molecule has 3 heteroatoms. The lowest BCUT2D eigenvalue weighted by Gasteiger charge is -2.28. The number of nitrogens with one attached hydrogen (secondary N) is 1. The molecule has 0 bridgehead atoms. The van der Waals surface area contributed by atoms with Crippen LogP contribution < -0.4 is 5.32 Å². The van der Waals surface area contributed by atoms with Crippen molar-refractivity contribution in [2.45, 2.75) is 57.5 Å². The maximum Gasteiger partial charge on any atom is 0.120 e. The van der Waals surface area contributed by atoms with Gasteiger partial charge in [-0.3, -0.25) is 0 Å². The first-order chi connectivity index (χ1) is 8.70. The summed E-state index contributed by atoms with van der Waals surface area (Å²) >= 11 is 3.48. The Hall–Kier alpha value is -0.540. The molecule has 1 aromatic rings. The predicted octanol–water partition coefficient (Wildman–Crippen LogP) is 4.53. The van der Waals surface area contributed by atoms with Gasteiger partial charge in [-0.25, -0.2) is 0 Å². The summed E-state index contributed by atoms with van der Waals surface area (Å²) in [6.45, 7) is 2.17. The summed E-state index contributed by atoms with van der Waals surface area (Å²) in [4.78, 5) is 0. The van der Waals surface area contributed by atoms with Gasteiger partial charge < -0.3 is 10.4 Å². The van der Waals surface area contributed by atoms with E-state index in [2.05, 4.69) is 28.2 Å². The average molecular weight is 312 g/mol. The van der Waals surface area contributed by atoms with Gasteiger partial charge in [0.1, 0.15) is 5.75 Å². The minimum Gasteiger partial charge on any atom is -0.508 e. The van der Waals surface area contributed by atoms with E-state index in [1.54, 1.807) is 6.07 Å². The van der Waals surface area contributed by atoms with E-state index in [0.717, 1.165) is 16.5 Å². The number of phenols is 1. The molecule has 0 heterocycles. The second-order valence-electron chi connectivity index (χ2n) is 5.17. The molecule has 2 rings (SSSR count). The first-order valence-corrected chi connectivity index (χ1v) is 7.74. The molecular formula is C15H22BrNO. The predicted molar refractivity (Wildman–Crippen MR) is 78.8 cm³/mol. The minimum absolute atomic E-state index is 0.255. The molecule has 1 atom stereocenters. The maximum atomic E-state index is 10.0. The molecule has 0 aromatic heterocycles. The third-order valence-electron chi connectivity index (χ3n) is 3.82. The zero-order chi connectivity index (χ0) is 13.0. The average Bonchev–Trinajstić information content (AvgIpc) is 2.40. The monoisotopic (exact) mass is 311 g/mol. The molecule has 0 radical (unpaired) electrons. The van der Waals surface area contributed by atoms with Gasteiger partial charge in [0.05, 0.1) is 0 Å². The largest absolute Gasteiger partial charge is 0.508 e. The molecule has 1 aliphatic rings. The van der Waals surface area contributed by atoms with Crippen LogP contribution in [0.3, 0.4) is 0 Å². The number of benzene rings is 1. The highest BCUT2D eigenvalue weighted by atomic mass is 79.9. The van der Waals surface area contributed by atoms with E-state index in [9.17, 15) is 5.11 Å². The molecule has 1 aromatic carbocycles. The second kappa shape index (κ2) is 6.58. The Kier molecular flexibility index (Phi) is 5.07. The molecule has 2 N–H and O–H groups in total. The van der Waals surface area contributed by atoms with Gasteiger partial charge in [0, 0.05) is 22.1 Å². The van der Waals surface area contributed by atoms with Gasteiger partial charge in [-0.05, 0) is 37.5 Å². The van der Waals surface area contributed by atoms with Crippen molar-refractivity contribution in [2.75, 3.05) is 0 Å². The Balaban J connectivity index is 2.09. The normalized spacial score (nSPS) is 18.8. The Labute approximate surface area is 118 Å². The molecule has 18 heavy (non-hydrogen) atoms. The van der Waals surface area contributed by atoms with Crippen LogP contribution in [-0.4, -0.2) is 11.1 Å². The van der Waals surface area contributed by atoms with Gasteiger partial charge in [0.2, 0.25) is 0 Å². The highest BCUT2D eigenvalue weighted by Gasteiger charge is 2.20. The van der Waals surface area contributed by atoms with Gasteiger partial charge in [0.25, 0.3) is 0 Å². The SMILES string of the molecule is CCC(NC1CCCCC1)c1cc(Br)ccc1O. The number of hydrogen-bond acceptors (Lipinski definition) is 2. The van der Waals surface area contributed by atoms with Crippen LogP contribution in [-0.2, 0) is 0 Å². The molecule has 1 saturated carbocycles. The number of phenolic OH excluding ortho intramolecular Hbond substituents is 1. The van der Waals surface area contributed by atoms with Crippen molar-refractivity contribution in [3.63, 3.8) is 0 Å². The van der Waals surface area contributed by atoms with Gasteiger partial charge in [0.15, 0.2) is 0 Å². The fourth-order valence-electron chi connectivity index (χ4n) is 2.79. The van der Waals surface area contributed by atoms with E-state index < -0.39 is 0 Å². The third-order valence-corrected chi connectivity index (χ3v) is 4.31. The van der Waals surface area contributed by atoms with Crippen molar-refractivity contribution in [2.24, 2.45) is 0 Å². The molecular weight excluding hydrogens is 290 g/mol. The highest BCUT2D eigenvalue weighted by molar-refractivity contribution is 9.10. The lowest BCUT2D eigenvalue weighted by molar-refractivity contribution is 0.329. The Morgan fingerprint density at radius 1 is 1.33 bits per heavy atom. The lowest BCUT2D eigenvalue weighted by atomic mass is 9.93. The molecule has 0 saturated heterocycles. The van der Waals surface area contributed by atoms with Crippen LogP contribution in [0.5, 0.6) is 5.75 Å². The fourth-order valence-corrected chi connectivity index (χ4v) is 3.16. The Bertz CT molecular complexity index is 388. The summed E-state index contributed by atoms with van der Waals surface area (Å²) in [6, 6.07) is 6.54. The van der Waals surface area contributed by atoms with Crippen LogP contribution in [0.25, 0.3) is 0 Å². The zero-order valence-electron chi connectivity index (χ0n) is 11.0. The van der Waals surface area contributed by atoms with Crippen LogP contribution >= 0.6 is 15.9 Å². The van der Waals surface area contributed by atoms with E-state index in [1.807, 2.05) is 12.1 Å². The van der Waals surface area contributed by atoms with E-state index in [1.165, 1.54) is 32.1 Å². The first-order valence-electron chi connectivity index (χ1n) is 6.95. The Morgan fingerprint density at radius 3 is 2.72 bits per heavy atom. The van der Waals surface area contributed by atoms with E-state index in [4.69, 9.17) is 0 Å². The van der Waals surface area contributed by atoms with Crippen molar-refractivity contribution in [3.8, 4) is 5.75 Å². The zero-order valence-corrected chi connectivity index (χ0v) is 12.5. The van der Waals surface area contributed by atoms with Gasteiger partial charge in [-0.15, -0.1) is 0 Å². The summed E-state index contributed by atoms with van der Waals surface area (Å²) in [5, 5.41) is 13.7. The van der Waals surface area contributed by atoms with E-state index >= 15 is 0 Å². The van der Waals surface area contributed by atoms with Crippen molar-refractivity contribution < 1.29 is 5.11 Å². The van der Waals surface area contributed by atoms with Crippen molar-refractivity contribution in [1.82, 2.24) is 5.32 Å². The summed E-state index contributed by atoms with van der Waals surface area (Å²) in [6.07, 6.45) is 7.57. The fraction of sp³-hybridized carbons (Fsp3) is 0.600. The molecule has 2 nitrogen and oxygen atoms in total. The van der Waals surface area contributed by atoms with Crippen LogP contribution in [0.1, 0.15) is 57.1 Å². The van der Waals surface area contributed by atoms with Crippen LogP contribution in [0.2, 0.25) is 0 Å². The summed E-state index contributed by atoms with van der Waals surface area (Å²) in [7, 11) is 0. The number of hydrogen-bond donors (Lipinski definition) is 2. The molecule has 0 amide bonds. The number of aromatic hydroxyl groups is 1. The first kappa shape index (κ1) is 13.9. The summed E-state index contributed by atoms with van der Waals surface area (Å²) in [5.74, 6) is 0.397. The van der Waals surface area contributed by atoms with Crippen molar-refractivity contribution >= 4 is 15.9 Å². The molecule has 1 fully saturated rings. The quantitative estimate of drug-likeness (QED) is 0.856. The lowest BCUT2D eigenvalue weighted by Crippen LogP contribution is -2.34. The van der Waals surface area contributed by atoms with Gasteiger partial charge in [-0.2, -0.15) is 0 Å². The van der Waals surface area contributed by atoms with Crippen LogP contribution in [0.15, 0.2) is 22.7 Å². The van der Waals surface area contributed by atoms with Crippen molar-refractivity contribution in [1.29, 1.82) is 0 Å². The number of rotatable bonds is 4. The maximum absolute atomic E-state index is 10.0. The Morgan fingerprint density at radius 2 is 2.06 bits per heavy atom. The number of halogens is 1. The summed E-state index contributed by atoms with van der Waals surface area (Å²) in [5.41, 5.74) is 1.01. The highest BCUT2D eigenvalue weighted by Crippen LogP contribution is 2.31. The van der Waals surface area contributed by atoms with Gasteiger partial charge in [-0.1, -0.05) is 42.1 Å². The smallest absolute Gasteiger partial charge is 0.120 e. The van der Waals surface area contributed by atoms with Crippen LogP contribution in [0.4, 0.5) is 0 Å². The van der Waals surface area contributed by atoms with Gasteiger partial charge >= 0.3 is 0 Å². The van der Waals surface area contributed by atoms with E-state index in [0.29, 0.717) is 11.8 Å². The standard InChI is InChI=1S/C15H22BrNO/c1-2-14(17-12-6-4-3-5-7-12)13-10-11(16)8-9-15(13)18/h8-10,12,14,17-18H,2-7H2,1H3. The van der Waals surface area contributed by atoms with Crippen LogP contribution in [0, 0.1) is 0 Å². The topological polar surface area (TPSA) is 32.3 Å². The van der Waals surface area contributed by atoms with E-state index in [-0.39, 0.29) is 6.04 Å². The summed E-state index contributed by atoms with van der Waals surface area (Å²) < 4.78 is 1.03. The molecule has 1 aliphatic carbocycles. The minimum atomic E-state index is 0.255. The second-order valence-corrected chi connectivity index (χ2v) is 6.08.